The van der Waals surface area contributed by atoms with E-state index in [2.05, 4.69) is 9.97 Å². The third-order valence-corrected chi connectivity index (χ3v) is 5.72. The molecule has 0 spiro atoms. The third kappa shape index (κ3) is 3.66. The van der Waals surface area contributed by atoms with Gasteiger partial charge < -0.3 is 4.90 Å². The molecule has 122 valence electrons. The second kappa shape index (κ2) is 7.30. The second-order valence-electron chi connectivity index (χ2n) is 6.20. The van der Waals surface area contributed by atoms with Crippen molar-refractivity contribution in [2.75, 3.05) is 7.05 Å². The van der Waals surface area contributed by atoms with E-state index in [1.54, 1.807) is 6.33 Å². The molecule has 1 aliphatic rings. The van der Waals surface area contributed by atoms with Gasteiger partial charge in [0, 0.05) is 18.5 Å². The maximum absolute atomic E-state index is 12.7. The topological polar surface area (TPSA) is 46.1 Å². The SMILES string of the molecule is CC(Sc1ncnc2ccccc12)C(=O)N(C)C1CCCCC1. The summed E-state index contributed by atoms with van der Waals surface area (Å²) in [6.07, 6.45) is 7.62. The number of thioether (sulfide) groups is 1. The van der Waals surface area contributed by atoms with Gasteiger partial charge in [0.05, 0.1) is 10.8 Å². The van der Waals surface area contributed by atoms with E-state index in [1.807, 2.05) is 43.1 Å². The first-order valence-corrected chi connectivity index (χ1v) is 9.18. The quantitative estimate of drug-likeness (QED) is 0.630. The van der Waals surface area contributed by atoms with E-state index >= 15 is 0 Å². The highest BCUT2D eigenvalue weighted by Gasteiger charge is 2.26. The van der Waals surface area contributed by atoms with Crippen LogP contribution in [0.15, 0.2) is 35.6 Å². The highest BCUT2D eigenvalue weighted by molar-refractivity contribution is 8.00. The molecule has 2 aromatic rings. The molecule has 1 heterocycles. The van der Waals surface area contributed by atoms with Gasteiger partial charge >= 0.3 is 0 Å². The van der Waals surface area contributed by atoms with Crippen molar-refractivity contribution in [1.82, 2.24) is 14.9 Å². The molecular formula is C18H23N3OS. The Balaban J connectivity index is 1.72. The van der Waals surface area contributed by atoms with Crippen molar-refractivity contribution < 1.29 is 4.79 Å². The maximum Gasteiger partial charge on any atom is 0.235 e. The van der Waals surface area contributed by atoms with Crippen LogP contribution in [0.4, 0.5) is 0 Å². The molecule has 4 nitrogen and oxygen atoms in total. The number of rotatable bonds is 4. The summed E-state index contributed by atoms with van der Waals surface area (Å²) in [6.45, 7) is 1.98. The number of benzene rings is 1. The van der Waals surface area contributed by atoms with Crippen molar-refractivity contribution in [2.24, 2.45) is 0 Å². The lowest BCUT2D eigenvalue weighted by atomic mass is 9.94. The van der Waals surface area contributed by atoms with E-state index in [0.717, 1.165) is 28.8 Å². The molecule has 1 aromatic carbocycles. The zero-order valence-corrected chi connectivity index (χ0v) is 14.6. The molecule has 0 aliphatic heterocycles. The molecule has 1 saturated carbocycles. The fourth-order valence-electron chi connectivity index (χ4n) is 3.23. The molecule has 1 fully saturated rings. The van der Waals surface area contributed by atoms with E-state index < -0.39 is 0 Å². The Morgan fingerprint density at radius 2 is 1.96 bits per heavy atom. The van der Waals surface area contributed by atoms with Crippen LogP contribution < -0.4 is 0 Å². The number of hydrogen-bond donors (Lipinski definition) is 0. The van der Waals surface area contributed by atoms with Crippen molar-refractivity contribution >= 4 is 28.6 Å². The maximum atomic E-state index is 12.7. The molecule has 1 unspecified atom stereocenters. The predicted octanol–water partition coefficient (Wildman–Crippen LogP) is 3.90. The Morgan fingerprint density at radius 3 is 2.74 bits per heavy atom. The molecule has 1 aliphatic carbocycles. The standard InChI is InChI=1S/C18H23N3OS/c1-13(18(22)21(2)14-8-4-3-5-9-14)23-17-15-10-6-7-11-16(15)19-12-20-17/h6-7,10-14H,3-5,8-9H2,1-2H3. The third-order valence-electron chi connectivity index (χ3n) is 4.61. The van der Waals surface area contributed by atoms with E-state index in [4.69, 9.17) is 0 Å². The Bertz CT molecular complexity index is 680. The molecule has 23 heavy (non-hydrogen) atoms. The van der Waals surface area contributed by atoms with Crippen molar-refractivity contribution in [3.05, 3.63) is 30.6 Å². The highest BCUT2D eigenvalue weighted by atomic mass is 32.2. The largest absolute Gasteiger partial charge is 0.342 e. The van der Waals surface area contributed by atoms with Crippen molar-refractivity contribution in [2.45, 2.75) is 55.3 Å². The zero-order chi connectivity index (χ0) is 16.2. The van der Waals surface area contributed by atoms with Crippen LogP contribution in [0, 0.1) is 0 Å². The fourth-order valence-corrected chi connectivity index (χ4v) is 4.24. The number of nitrogens with zero attached hydrogens (tertiary/aromatic N) is 3. The van der Waals surface area contributed by atoms with Gasteiger partial charge in [-0.25, -0.2) is 9.97 Å². The van der Waals surface area contributed by atoms with Crippen LogP contribution in [0.2, 0.25) is 0 Å². The minimum absolute atomic E-state index is 0.139. The van der Waals surface area contributed by atoms with Gasteiger partial charge in [0.2, 0.25) is 5.91 Å². The monoisotopic (exact) mass is 329 g/mol. The zero-order valence-electron chi connectivity index (χ0n) is 13.7. The summed E-state index contributed by atoms with van der Waals surface area (Å²) in [4.78, 5) is 23.4. The van der Waals surface area contributed by atoms with Crippen LogP contribution in [-0.2, 0) is 4.79 Å². The summed E-state index contributed by atoms with van der Waals surface area (Å²) in [5.41, 5.74) is 0.922. The summed E-state index contributed by atoms with van der Waals surface area (Å²) in [5, 5.41) is 1.76. The summed E-state index contributed by atoms with van der Waals surface area (Å²) in [5.74, 6) is 0.199. The second-order valence-corrected chi connectivity index (χ2v) is 7.53. The smallest absolute Gasteiger partial charge is 0.235 e. The molecule has 0 radical (unpaired) electrons. The Labute approximate surface area is 141 Å². The highest BCUT2D eigenvalue weighted by Crippen LogP contribution is 2.30. The molecule has 1 amide bonds. The van der Waals surface area contributed by atoms with E-state index in [9.17, 15) is 4.79 Å². The molecule has 1 aromatic heterocycles. The first-order valence-electron chi connectivity index (χ1n) is 8.30. The van der Waals surface area contributed by atoms with Gasteiger partial charge in [-0.2, -0.15) is 0 Å². The molecule has 0 bridgehead atoms. The van der Waals surface area contributed by atoms with Gasteiger partial charge in [0.25, 0.3) is 0 Å². The van der Waals surface area contributed by atoms with Gasteiger partial charge in [-0.3, -0.25) is 4.79 Å². The van der Waals surface area contributed by atoms with Crippen LogP contribution in [0.1, 0.15) is 39.0 Å². The number of carbonyl (C=O) groups excluding carboxylic acids is 1. The lowest BCUT2D eigenvalue weighted by Gasteiger charge is -2.32. The van der Waals surface area contributed by atoms with Gasteiger partial charge in [-0.1, -0.05) is 49.2 Å². The number of para-hydroxylation sites is 1. The number of amides is 1. The Kier molecular flexibility index (Phi) is 5.16. The van der Waals surface area contributed by atoms with E-state index in [0.29, 0.717) is 6.04 Å². The van der Waals surface area contributed by atoms with Crippen LogP contribution in [0.5, 0.6) is 0 Å². The summed E-state index contributed by atoms with van der Waals surface area (Å²) in [7, 11) is 1.95. The van der Waals surface area contributed by atoms with Crippen molar-refractivity contribution in [3.63, 3.8) is 0 Å². The van der Waals surface area contributed by atoms with Gasteiger partial charge in [-0.15, -0.1) is 0 Å². The first-order chi connectivity index (χ1) is 11.2. The van der Waals surface area contributed by atoms with E-state index in [1.165, 1.54) is 31.0 Å². The molecule has 5 heteroatoms. The molecule has 0 saturated heterocycles. The normalized spacial score (nSPS) is 17.1. The molecular weight excluding hydrogens is 306 g/mol. The summed E-state index contributed by atoms with van der Waals surface area (Å²) < 4.78 is 0. The summed E-state index contributed by atoms with van der Waals surface area (Å²) >= 11 is 1.53. The number of aromatic nitrogens is 2. The number of hydrogen-bond acceptors (Lipinski definition) is 4. The molecule has 0 N–H and O–H groups in total. The minimum atomic E-state index is -0.139. The Morgan fingerprint density at radius 1 is 1.22 bits per heavy atom. The molecule has 1 atom stereocenters. The average Bonchev–Trinajstić information content (AvgIpc) is 2.61. The van der Waals surface area contributed by atoms with Crippen LogP contribution in [0.25, 0.3) is 10.9 Å². The van der Waals surface area contributed by atoms with Gasteiger partial charge in [-0.05, 0) is 25.8 Å². The lowest BCUT2D eigenvalue weighted by molar-refractivity contribution is -0.131. The number of fused-ring (bicyclic) bond motifs is 1. The Hall–Kier alpha value is -1.62. The lowest BCUT2D eigenvalue weighted by Crippen LogP contribution is -2.42. The average molecular weight is 329 g/mol. The summed E-state index contributed by atoms with van der Waals surface area (Å²) in [6, 6.07) is 8.34. The molecule has 3 rings (SSSR count). The van der Waals surface area contributed by atoms with Crippen molar-refractivity contribution in [3.8, 4) is 0 Å². The van der Waals surface area contributed by atoms with Crippen molar-refractivity contribution in [1.29, 1.82) is 0 Å². The number of carbonyl (C=O) groups is 1. The predicted molar refractivity (Wildman–Crippen MR) is 94.5 cm³/mol. The van der Waals surface area contributed by atoms with Gasteiger partial charge in [0.15, 0.2) is 0 Å². The fraction of sp³-hybridized carbons (Fsp3) is 0.500. The van der Waals surface area contributed by atoms with Crippen LogP contribution in [0.3, 0.4) is 0 Å². The minimum Gasteiger partial charge on any atom is -0.342 e. The van der Waals surface area contributed by atoms with Gasteiger partial charge in [0.1, 0.15) is 11.4 Å². The van der Waals surface area contributed by atoms with Crippen LogP contribution in [-0.4, -0.2) is 39.1 Å². The van der Waals surface area contributed by atoms with Crippen LogP contribution >= 0.6 is 11.8 Å². The first kappa shape index (κ1) is 16.2. The van der Waals surface area contributed by atoms with E-state index in [-0.39, 0.29) is 11.2 Å².